The van der Waals surface area contributed by atoms with Crippen LogP contribution in [-0.2, 0) is 12.7 Å². The van der Waals surface area contributed by atoms with Crippen LogP contribution in [0, 0.1) is 5.82 Å². The van der Waals surface area contributed by atoms with Gasteiger partial charge in [0.1, 0.15) is 16.8 Å². The molecule has 112 valence electrons. The normalized spacial score (nSPS) is 11.5. The first kappa shape index (κ1) is 15.5. The van der Waals surface area contributed by atoms with Crippen LogP contribution >= 0.6 is 11.6 Å². The van der Waals surface area contributed by atoms with Crippen molar-refractivity contribution in [2.75, 3.05) is 11.9 Å². The van der Waals surface area contributed by atoms with E-state index in [1.807, 2.05) is 0 Å². The highest BCUT2D eigenvalue weighted by Gasteiger charge is 2.35. The predicted molar refractivity (Wildman–Crippen MR) is 70.6 cm³/mol. The van der Waals surface area contributed by atoms with Crippen LogP contribution in [0.5, 0.6) is 0 Å². The van der Waals surface area contributed by atoms with Gasteiger partial charge in [0.05, 0.1) is 0 Å². The Bertz CT molecular complexity index is 646. The molecule has 0 aliphatic carbocycles. The maximum absolute atomic E-state index is 13.5. The molecule has 0 bridgehead atoms. The van der Waals surface area contributed by atoms with Gasteiger partial charge < -0.3 is 4.90 Å². The third-order valence-corrected chi connectivity index (χ3v) is 2.88. The van der Waals surface area contributed by atoms with Crippen molar-refractivity contribution >= 4 is 17.4 Å². The molecule has 0 radical (unpaired) electrons. The second kappa shape index (κ2) is 5.85. The number of hydrogen-bond donors (Lipinski definition) is 0. The summed E-state index contributed by atoms with van der Waals surface area (Å²) >= 11 is 5.58. The van der Waals surface area contributed by atoms with E-state index in [9.17, 15) is 17.6 Å². The van der Waals surface area contributed by atoms with E-state index in [0.29, 0.717) is 5.56 Å². The summed E-state index contributed by atoms with van der Waals surface area (Å²) in [6.07, 6.45) is -4.70. The van der Waals surface area contributed by atoms with Crippen LogP contribution in [0.4, 0.5) is 23.4 Å². The summed E-state index contributed by atoms with van der Waals surface area (Å²) in [4.78, 5) is 7.92. The Labute approximate surface area is 123 Å². The maximum Gasteiger partial charge on any atom is 0.451 e. The van der Waals surface area contributed by atoms with Crippen molar-refractivity contribution in [2.45, 2.75) is 12.7 Å². The number of aromatic nitrogens is 2. The molecule has 0 spiro atoms. The Hall–Kier alpha value is -1.89. The zero-order valence-electron chi connectivity index (χ0n) is 10.8. The minimum absolute atomic E-state index is 0.0365. The second-order valence-corrected chi connectivity index (χ2v) is 4.70. The fourth-order valence-corrected chi connectivity index (χ4v) is 1.87. The van der Waals surface area contributed by atoms with Gasteiger partial charge in [-0.25, -0.2) is 14.4 Å². The van der Waals surface area contributed by atoms with Gasteiger partial charge in [0, 0.05) is 25.2 Å². The van der Waals surface area contributed by atoms with E-state index in [-0.39, 0.29) is 17.5 Å². The van der Waals surface area contributed by atoms with Gasteiger partial charge in [0.2, 0.25) is 5.82 Å². The number of halogens is 5. The van der Waals surface area contributed by atoms with E-state index in [1.165, 1.54) is 30.1 Å². The van der Waals surface area contributed by atoms with E-state index in [2.05, 4.69) is 9.97 Å². The van der Waals surface area contributed by atoms with Crippen LogP contribution in [0.3, 0.4) is 0 Å². The molecule has 0 N–H and O–H groups in total. The summed E-state index contributed by atoms with van der Waals surface area (Å²) in [5.74, 6) is -1.81. The van der Waals surface area contributed by atoms with Crippen molar-refractivity contribution in [1.29, 1.82) is 0 Å². The van der Waals surface area contributed by atoms with Gasteiger partial charge in [-0.05, 0) is 6.07 Å². The minimum Gasteiger partial charge on any atom is -0.355 e. The van der Waals surface area contributed by atoms with Crippen molar-refractivity contribution in [3.63, 3.8) is 0 Å². The Morgan fingerprint density at radius 2 is 1.86 bits per heavy atom. The number of alkyl halides is 3. The molecular formula is C13H10ClF4N3. The highest BCUT2D eigenvalue weighted by atomic mass is 35.5. The molecular weight excluding hydrogens is 310 g/mol. The van der Waals surface area contributed by atoms with Crippen LogP contribution in [-0.4, -0.2) is 17.0 Å². The fraction of sp³-hybridized carbons (Fsp3) is 0.231. The number of rotatable bonds is 3. The van der Waals surface area contributed by atoms with Crippen molar-refractivity contribution < 1.29 is 17.6 Å². The highest BCUT2D eigenvalue weighted by Crippen LogP contribution is 2.29. The lowest BCUT2D eigenvalue weighted by molar-refractivity contribution is -0.144. The third-order valence-electron chi connectivity index (χ3n) is 2.69. The summed E-state index contributed by atoms with van der Waals surface area (Å²) < 4.78 is 51.5. The van der Waals surface area contributed by atoms with E-state index in [1.54, 1.807) is 12.1 Å². The predicted octanol–water partition coefficient (Wildman–Crippen LogP) is 3.92. The summed E-state index contributed by atoms with van der Waals surface area (Å²) in [5.41, 5.74) is 0.336. The summed E-state index contributed by atoms with van der Waals surface area (Å²) in [6, 6.07) is 7.18. The SMILES string of the molecule is CN(Cc1ccccc1F)c1cc(Cl)nc(C(F)(F)F)n1. The maximum atomic E-state index is 13.5. The average Bonchev–Trinajstić information content (AvgIpc) is 2.39. The lowest BCUT2D eigenvalue weighted by atomic mass is 10.2. The van der Waals surface area contributed by atoms with Crippen LogP contribution in [0.1, 0.15) is 11.4 Å². The number of benzene rings is 1. The highest BCUT2D eigenvalue weighted by molar-refractivity contribution is 6.29. The first-order valence-electron chi connectivity index (χ1n) is 5.83. The smallest absolute Gasteiger partial charge is 0.355 e. The largest absolute Gasteiger partial charge is 0.451 e. The fourth-order valence-electron chi connectivity index (χ4n) is 1.69. The van der Waals surface area contributed by atoms with Gasteiger partial charge in [-0.1, -0.05) is 29.8 Å². The number of hydrogen-bond acceptors (Lipinski definition) is 3. The van der Waals surface area contributed by atoms with Crippen molar-refractivity contribution in [1.82, 2.24) is 9.97 Å². The molecule has 0 fully saturated rings. The van der Waals surface area contributed by atoms with E-state index < -0.39 is 17.8 Å². The van der Waals surface area contributed by atoms with Crippen molar-refractivity contribution in [3.8, 4) is 0 Å². The van der Waals surface area contributed by atoms with E-state index >= 15 is 0 Å². The van der Waals surface area contributed by atoms with Crippen LogP contribution in [0.2, 0.25) is 5.15 Å². The molecule has 0 atom stereocenters. The molecule has 8 heteroatoms. The Kier molecular flexibility index (Phi) is 4.32. The number of nitrogens with zero attached hydrogens (tertiary/aromatic N) is 3. The van der Waals surface area contributed by atoms with Crippen LogP contribution in [0.25, 0.3) is 0 Å². The van der Waals surface area contributed by atoms with Crippen molar-refractivity contribution in [2.24, 2.45) is 0 Å². The van der Waals surface area contributed by atoms with Gasteiger partial charge in [-0.15, -0.1) is 0 Å². The van der Waals surface area contributed by atoms with E-state index in [0.717, 1.165) is 0 Å². The monoisotopic (exact) mass is 319 g/mol. The van der Waals surface area contributed by atoms with E-state index in [4.69, 9.17) is 11.6 Å². The summed E-state index contributed by atoms with van der Waals surface area (Å²) in [7, 11) is 1.49. The Morgan fingerprint density at radius 3 is 2.48 bits per heavy atom. The minimum atomic E-state index is -4.70. The molecule has 0 amide bonds. The van der Waals surface area contributed by atoms with Crippen molar-refractivity contribution in [3.05, 3.63) is 52.7 Å². The standard InChI is InChI=1S/C13H10ClF4N3/c1-21(7-8-4-2-3-5-9(8)15)11-6-10(14)19-12(20-11)13(16,17)18/h2-6H,7H2,1H3. The van der Waals surface area contributed by atoms with Crippen LogP contribution in [0.15, 0.2) is 30.3 Å². The molecule has 1 heterocycles. The third kappa shape index (κ3) is 3.81. The molecule has 1 aromatic heterocycles. The molecule has 0 aliphatic heterocycles. The van der Waals surface area contributed by atoms with Gasteiger partial charge in [0.15, 0.2) is 0 Å². The quantitative estimate of drug-likeness (QED) is 0.634. The first-order valence-corrected chi connectivity index (χ1v) is 6.21. The zero-order valence-corrected chi connectivity index (χ0v) is 11.6. The van der Waals surface area contributed by atoms with Gasteiger partial charge >= 0.3 is 6.18 Å². The number of anilines is 1. The van der Waals surface area contributed by atoms with Gasteiger partial charge in [-0.3, -0.25) is 0 Å². The second-order valence-electron chi connectivity index (χ2n) is 4.32. The Balaban J connectivity index is 2.29. The summed E-state index contributed by atoms with van der Waals surface area (Å²) in [5, 5.41) is -0.326. The zero-order chi connectivity index (χ0) is 15.6. The average molecular weight is 320 g/mol. The molecule has 3 nitrogen and oxygen atoms in total. The molecule has 2 rings (SSSR count). The molecule has 2 aromatic rings. The molecule has 1 aromatic carbocycles. The van der Waals surface area contributed by atoms with Crippen LogP contribution < -0.4 is 4.90 Å². The molecule has 0 unspecified atom stereocenters. The molecule has 0 saturated carbocycles. The van der Waals surface area contributed by atoms with Gasteiger partial charge in [0.25, 0.3) is 0 Å². The topological polar surface area (TPSA) is 29.0 Å². The van der Waals surface area contributed by atoms with Gasteiger partial charge in [-0.2, -0.15) is 13.2 Å². The summed E-state index contributed by atoms with van der Waals surface area (Å²) in [6.45, 7) is 0.0529. The first-order chi connectivity index (χ1) is 9.77. The molecule has 0 saturated heterocycles. The lowest BCUT2D eigenvalue weighted by Crippen LogP contribution is -2.21. The Morgan fingerprint density at radius 1 is 1.19 bits per heavy atom. The molecule has 0 aliphatic rings. The lowest BCUT2D eigenvalue weighted by Gasteiger charge is -2.19. The molecule has 21 heavy (non-hydrogen) atoms.